The number of nitrogens with zero attached hydrogens (tertiary/aromatic N) is 1. The third kappa shape index (κ3) is 6.65. The number of nitro groups is 1. The minimum Gasteiger partial charge on any atom is -0.492 e. The van der Waals surface area contributed by atoms with Crippen molar-refractivity contribution in [2.24, 2.45) is 5.73 Å². The fourth-order valence-electron chi connectivity index (χ4n) is 2.05. The number of hydrogen-bond acceptors (Lipinski definition) is 7. The number of hydrogen-bond donors (Lipinski definition) is 2. The zero-order valence-electron chi connectivity index (χ0n) is 14.2. The molecule has 0 aliphatic heterocycles. The lowest BCUT2D eigenvalue weighted by atomic mass is 10.2. The summed E-state index contributed by atoms with van der Waals surface area (Å²) in [7, 11) is 0. The third-order valence-corrected chi connectivity index (χ3v) is 3.99. The Labute approximate surface area is 159 Å². The Balaban J connectivity index is 2.07. The van der Waals surface area contributed by atoms with Gasteiger partial charge in [-0.3, -0.25) is 10.1 Å². The van der Waals surface area contributed by atoms with Crippen LogP contribution in [0.3, 0.4) is 0 Å². The van der Waals surface area contributed by atoms with Crippen LogP contribution in [0.5, 0.6) is 11.5 Å². The van der Waals surface area contributed by atoms with E-state index in [0.29, 0.717) is 18.7 Å². The molecule has 8 nitrogen and oxygen atoms in total. The van der Waals surface area contributed by atoms with Gasteiger partial charge in [-0.2, -0.15) is 0 Å². The van der Waals surface area contributed by atoms with Crippen LogP contribution in [0.4, 0.5) is 5.69 Å². The molecule has 0 bridgehead atoms. The highest BCUT2D eigenvalue weighted by Gasteiger charge is 2.16. The first-order valence-electron chi connectivity index (χ1n) is 7.89. The normalized spacial score (nSPS) is 10.7. The molecular formula is C18H18N2O6S. The molecule has 0 aromatic heterocycles. The van der Waals surface area contributed by atoms with Gasteiger partial charge in [-0.05, 0) is 41.3 Å². The molecule has 9 heteroatoms. The van der Waals surface area contributed by atoms with E-state index in [0.717, 1.165) is 10.6 Å². The van der Waals surface area contributed by atoms with Gasteiger partial charge in [0, 0.05) is 17.5 Å². The molecule has 0 radical (unpaired) electrons. The van der Waals surface area contributed by atoms with Crippen molar-refractivity contribution in [1.29, 1.82) is 0 Å². The van der Waals surface area contributed by atoms with Gasteiger partial charge >= 0.3 is 11.7 Å². The fourth-order valence-corrected chi connectivity index (χ4v) is 2.77. The average Bonchev–Trinajstić information content (AvgIpc) is 2.65. The number of carboxylic acids is 1. The van der Waals surface area contributed by atoms with Crippen molar-refractivity contribution in [1.82, 2.24) is 0 Å². The summed E-state index contributed by atoms with van der Waals surface area (Å²) in [6, 6.07) is 11.8. The molecule has 0 atom stereocenters. The highest BCUT2D eigenvalue weighted by molar-refractivity contribution is 8.02. The number of ether oxygens (including phenoxy) is 2. The molecule has 0 fully saturated rings. The predicted molar refractivity (Wildman–Crippen MR) is 102 cm³/mol. The molecular weight excluding hydrogens is 372 g/mol. The van der Waals surface area contributed by atoms with Crippen LogP contribution in [-0.2, 0) is 4.79 Å². The fraction of sp³-hybridized carbons (Fsp3) is 0.167. The van der Waals surface area contributed by atoms with Crippen molar-refractivity contribution in [3.05, 3.63) is 63.6 Å². The van der Waals surface area contributed by atoms with Crippen molar-refractivity contribution >= 4 is 29.5 Å². The van der Waals surface area contributed by atoms with Crippen LogP contribution < -0.4 is 15.2 Å². The molecule has 2 aromatic rings. The lowest BCUT2D eigenvalue weighted by Crippen LogP contribution is -2.10. The number of benzene rings is 2. The van der Waals surface area contributed by atoms with Gasteiger partial charge in [0.2, 0.25) is 0 Å². The van der Waals surface area contributed by atoms with Crippen molar-refractivity contribution in [2.75, 3.05) is 19.8 Å². The average molecular weight is 390 g/mol. The monoisotopic (exact) mass is 390 g/mol. The predicted octanol–water partition coefficient (Wildman–Crippen LogP) is 3.16. The topological polar surface area (TPSA) is 125 Å². The lowest BCUT2D eigenvalue weighted by molar-refractivity contribution is -0.385. The number of carbonyl (C=O) groups is 1. The highest BCUT2D eigenvalue weighted by Crippen LogP contribution is 2.30. The first kappa shape index (κ1) is 20.3. The minimum atomic E-state index is -1.21. The zero-order chi connectivity index (χ0) is 19.6. The molecule has 0 unspecified atom stereocenters. The summed E-state index contributed by atoms with van der Waals surface area (Å²) in [5.41, 5.74) is 5.71. The Hall–Kier alpha value is -3.04. The van der Waals surface area contributed by atoms with Crippen LogP contribution in [0.25, 0.3) is 6.08 Å². The van der Waals surface area contributed by atoms with Crippen LogP contribution in [0.2, 0.25) is 0 Å². The summed E-state index contributed by atoms with van der Waals surface area (Å²) in [6.45, 7) is 0.223. The molecule has 0 saturated heterocycles. The van der Waals surface area contributed by atoms with Gasteiger partial charge < -0.3 is 20.3 Å². The number of nitrogens with two attached hydrogens (primary N) is 1. The van der Waals surface area contributed by atoms with Gasteiger partial charge in [-0.1, -0.05) is 23.9 Å². The maximum absolute atomic E-state index is 11.2. The Morgan fingerprint density at radius 2 is 2.07 bits per heavy atom. The van der Waals surface area contributed by atoms with E-state index in [9.17, 15) is 14.9 Å². The van der Waals surface area contributed by atoms with Gasteiger partial charge in [-0.25, -0.2) is 4.79 Å². The first-order valence-corrected chi connectivity index (χ1v) is 8.76. The summed E-state index contributed by atoms with van der Waals surface area (Å²) in [5, 5.41) is 21.6. The SMILES string of the molecule is NCCOc1cccc(SC=Cc2ccc(OCC(=O)O)c([N+](=O)[O-])c2)c1. The molecule has 142 valence electrons. The van der Waals surface area contributed by atoms with E-state index < -0.39 is 17.5 Å². The maximum atomic E-state index is 11.2. The van der Waals surface area contributed by atoms with Crippen molar-refractivity contribution < 1.29 is 24.3 Å². The van der Waals surface area contributed by atoms with Gasteiger partial charge in [0.1, 0.15) is 12.4 Å². The molecule has 0 aliphatic carbocycles. The van der Waals surface area contributed by atoms with E-state index in [1.165, 1.54) is 23.9 Å². The van der Waals surface area contributed by atoms with Gasteiger partial charge in [0.15, 0.2) is 12.4 Å². The van der Waals surface area contributed by atoms with E-state index >= 15 is 0 Å². The van der Waals surface area contributed by atoms with Crippen LogP contribution >= 0.6 is 11.8 Å². The van der Waals surface area contributed by atoms with Crippen LogP contribution in [0.1, 0.15) is 5.56 Å². The number of thioether (sulfide) groups is 1. The molecule has 3 N–H and O–H groups in total. The van der Waals surface area contributed by atoms with E-state index in [4.69, 9.17) is 20.3 Å². The summed E-state index contributed by atoms with van der Waals surface area (Å²) >= 11 is 1.42. The molecule has 0 spiro atoms. The Morgan fingerprint density at radius 3 is 2.78 bits per heavy atom. The van der Waals surface area contributed by atoms with Gasteiger partial charge in [-0.15, -0.1) is 0 Å². The first-order chi connectivity index (χ1) is 13.0. The second kappa shape index (κ2) is 10.2. The molecule has 0 aliphatic rings. The minimum absolute atomic E-state index is 0.0862. The van der Waals surface area contributed by atoms with Gasteiger partial charge in [0.25, 0.3) is 0 Å². The highest BCUT2D eigenvalue weighted by atomic mass is 32.2. The van der Waals surface area contributed by atoms with Crippen LogP contribution in [0.15, 0.2) is 52.8 Å². The number of aliphatic carboxylic acids is 1. The number of carboxylic acid groups (broad SMARTS) is 1. The maximum Gasteiger partial charge on any atom is 0.341 e. The lowest BCUT2D eigenvalue weighted by Gasteiger charge is -2.06. The van der Waals surface area contributed by atoms with Crippen molar-refractivity contribution in [3.63, 3.8) is 0 Å². The second-order valence-electron chi connectivity index (χ2n) is 5.20. The Kier molecular flexibility index (Phi) is 7.65. The van der Waals surface area contributed by atoms with Crippen LogP contribution in [0, 0.1) is 10.1 Å². The standard InChI is InChI=1S/C18H18N2O6S/c19-7-8-25-14-2-1-3-15(11-14)27-9-6-13-4-5-17(26-12-18(21)22)16(10-13)20(23)24/h1-6,9-11H,7-8,12,19H2,(H,21,22). The zero-order valence-corrected chi connectivity index (χ0v) is 15.1. The van der Waals surface area contributed by atoms with E-state index in [1.807, 2.05) is 24.3 Å². The van der Waals surface area contributed by atoms with Gasteiger partial charge in [0.05, 0.1) is 4.92 Å². The molecule has 0 heterocycles. The van der Waals surface area contributed by atoms with E-state index in [1.54, 1.807) is 17.6 Å². The molecule has 0 amide bonds. The summed E-state index contributed by atoms with van der Waals surface area (Å²) in [5.74, 6) is -0.575. The van der Waals surface area contributed by atoms with Crippen molar-refractivity contribution in [3.8, 4) is 11.5 Å². The second-order valence-corrected chi connectivity index (χ2v) is 6.18. The van der Waals surface area contributed by atoms with Crippen molar-refractivity contribution in [2.45, 2.75) is 4.90 Å². The Morgan fingerprint density at radius 1 is 1.26 bits per heavy atom. The summed E-state index contributed by atoms with van der Waals surface area (Å²) in [6.07, 6.45) is 1.71. The number of nitro benzene ring substituents is 1. The Bertz CT molecular complexity index is 840. The largest absolute Gasteiger partial charge is 0.492 e. The van der Waals surface area contributed by atoms with Crippen LogP contribution in [-0.4, -0.2) is 35.8 Å². The summed E-state index contributed by atoms with van der Waals surface area (Å²) in [4.78, 5) is 22.0. The molecule has 2 rings (SSSR count). The smallest absolute Gasteiger partial charge is 0.341 e. The number of rotatable bonds is 10. The van der Waals surface area contributed by atoms with E-state index in [2.05, 4.69) is 0 Å². The molecule has 27 heavy (non-hydrogen) atoms. The molecule has 2 aromatic carbocycles. The molecule has 0 saturated carbocycles. The third-order valence-electron chi connectivity index (χ3n) is 3.19. The quantitative estimate of drug-likeness (QED) is 0.360. The summed E-state index contributed by atoms with van der Waals surface area (Å²) < 4.78 is 10.4. The van der Waals surface area contributed by atoms with E-state index in [-0.39, 0.29) is 11.4 Å².